The van der Waals surface area contributed by atoms with Crippen molar-refractivity contribution in [3.8, 4) is 0 Å². The Morgan fingerprint density at radius 3 is 2.23 bits per heavy atom. The number of halogens is 3. The third-order valence-corrected chi connectivity index (χ3v) is 1.17. The summed E-state index contributed by atoms with van der Waals surface area (Å²) >= 11 is 0. The number of carbonyl (C=O) groups excluding carboxylic acids is 2. The number of amides is 1. The van der Waals surface area contributed by atoms with Gasteiger partial charge in [-0.2, -0.15) is 13.2 Å². The fourth-order valence-electron chi connectivity index (χ4n) is 0.567. The topological polar surface area (TPSA) is 46.2 Å². The lowest BCUT2D eigenvalue weighted by Gasteiger charge is -2.05. The second-order valence-corrected chi connectivity index (χ2v) is 2.59. The van der Waals surface area contributed by atoms with Crippen LogP contribution in [0, 0.1) is 0 Å². The van der Waals surface area contributed by atoms with Crippen molar-refractivity contribution >= 4 is 11.7 Å². The van der Waals surface area contributed by atoms with Gasteiger partial charge >= 0.3 is 6.18 Å². The molecule has 0 aliphatic rings. The molecular weight excluding hydrogens is 187 g/mol. The van der Waals surface area contributed by atoms with Crippen molar-refractivity contribution in [3.05, 3.63) is 0 Å². The molecule has 0 aromatic carbocycles. The molecule has 0 atom stereocenters. The lowest BCUT2D eigenvalue weighted by atomic mass is 10.3. The number of hydrogen-bond acceptors (Lipinski definition) is 2. The highest BCUT2D eigenvalue weighted by Crippen LogP contribution is 2.20. The first-order valence-electron chi connectivity index (χ1n) is 3.64. The van der Waals surface area contributed by atoms with Crippen LogP contribution in [0.15, 0.2) is 0 Å². The molecule has 0 saturated carbocycles. The zero-order valence-corrected chi connectivity index (χ0v) is 7.07. The fourth-order valence-corrected chi connectivity index (χ4v) is 0.567. The van der Waals surface area contributed by atoms with Crippen LogP contribution in [0.3, 0.4) is 0 Å². The van der Waals surface area contributed by atoms with Gasteiger partial charge in [-0.05, 0) is 6.92 Å². The van der Waals surface area contributed by atoms with Gasteiger partial charge in [0.05, 0.1) is 13.0 Å². The maximum atomic E-state index is 11.6. The molecule has 0 saturated heterocycles. The normalized spacial score (nSPS) is 11.1. The van der Waals surface area contributed by atoms with Crippen molar-refractivity contribution < 1.29 is 22.8 Å². The molecule has 0 aliphatic heterocycles. The lowest BCUT2D eigenvalue weighted by Crippen LogP contribution is -2.29. The molecule has 1 N–H and O–H groups in total. The first-order valence-corrected chi connectivity index (χ1v) is 3.64. The van der Waals surface area contributed by atoms with Crippen LogP contribution in [-0.4, -0.2) is 24.4 Å². The highest BCUT2D eigenvalue weighted by Gasteiger charge is 2.27. The number of carbonyl (C=O) groups is 2. The third-order valence-electron chi connectivity index (χ3n) is 1.17. The average molecular weight is 197 g/mol. The van der Waals surface area contributed by atoms with Crippen LogP contribution >= 0.6 is 0 Å². The molecule has 0 spiro atoms. The summed E-state index contributed by atoms with van der Waals surface area (Å²) in [5.74, 6) is -1.05. The molecule has 0 aromatic heterocycles. The van der Waals surface area contributed by atoms with Crippen LogP contribution in [0.25, 0.3) is 0 Å². The maximum Gasteiger partial charge on any atom is 0.389 e. The van der Waals surface area contributed by atoms with E-state index in [9.17, 15) is 22.8 Å². The Labute approximate surface area is 73.3 Å². The molecule has 3 nitrogen and oxygen atoms in total. The predicted molar refractivity (Wildman–Crippen MR) is 39.0 cm³/mol. The van der Waals surface area contributed by atoms with Gasteiger partial charge in [-0.25, -0.2) is 0 Å². The minimum atomic E-state index is -4.33. The van der Waals surface area contributed by atoms with Crippen LogP contribution in [0.5, 0.6) is 0 Å². The Bertz CT molecular complexity index is 200. The molecule has 0 heterocycles. The lowest BCUT2D eigenvalue weighted by molar-refractivity contribution is -0.144. The molecule has 0 fully saturated rings. The molecule has 0 aliphatic carbocycles. The van der Waals surface area contributed by atoms with Gasteiger partial charge in [-0.3, -0.25) is 9.59 Å². The Morgan fingerprint density at radius 1 is 1.31 bits per heavy atom. The van der Waals surface area contributed by atoms with Crippen molar-refractivity contribution in [2.45, 2.75) is 25.9 Å². The van der Waals surface area contributed by atoms with E-state index in [1.165, 1.54) is 6.92 Å². The summed E-state index contributed by atoms with van der Waals surface area (Å²) in [5.41, 5.74) is 0. The summed E-state index contributed by atoms with van der Waals surface area (Å²) in [5, 5.41) is 2.07. The van der Waals surface area contributed by atoms with E-state index < -0.39 is 24.9 Å². The predicted octanol–water partition coefficient (Wildman–Crippen LogP) is 1.03. The van der Waals surface area contributed by atoms with Crippen molar-refractivity contribution in [2.24, 2.45) is 0 Å². The molecule has 76 valence electrons. The molecule has 0 rings (SSSR count). The molecular formula is C7H10F3NO2. The summed E-state index contributed by atoms with van der Waals surface area (Å²) in [6, 6.07) is 0. The van der Waals surface area contributed by atoms with E-state index >= 15 is 0 Å². The van der Waals surface area contributed by atoms with E-state index in [0.717, 1.165) is 0 Å². The van der Waals surface area contributed by atoms with E-state index in [1.807, 2.05) is 0 Å². The Hall–Kier alpha value is -1.07. The second-order valence-electron chi connectivity index (χ2n) is 2.59. The van der Waals surface area contributed by atoms with Gasteiger partial charge in [-0.1, -0.05) is 0 Å². The molecule has 0 unspecified atom stereocenters. The quantitative estimate of drug-likeness (QED) is 0.731. The summed E-state index contributed by atoms with van der Waals surface area (Å²) < 4.78 is 34.7. The standard InChI is InChI=1S/C7H10F3NO2/c1-5(12)4-11-6(13)2-3-7(8,9)10/h2-4H2,1H3,(H,11,13). The zero-order valence-electron chi connectivity index (χ0n) is 7.07. The summed E-state index contributed by atoms with van der Waals surface area (Å²) in [4.78, 5) is 20.9. The summed E-state index contributed by atoms with van der Waals surface area (Å²) in [7, 11) is 0. The highest BCUT2D eigenvalue weighted by atomic mass is 19.4. The van der Waals surface area contributed by atoms with Crippen molar-refractivity contribution in [1.29, 1.82) is 0 Å². The van der Waals surface area contributed by atoms with E-state index in [2.05, 4.69) is 5.32 Å². The van der Waals surface area contributed by atoms with Crippen LogP contribution < -0.4 is 5.32 Å². The van der Waals surface area contributed by atoms with Gasteiger partial charge in [0.15, 0.2) is 0 Å². The van der Waals surface area contributed by atoms with E-state index in [1.54, 1.807) is 0 Å². The molecule has 0 bridgehead atoms. The maximum absolute atomic E-state index is 11.6. The van der Waals surface area contributed by atoms with Gasteiger partial charge in [0.1, 0.15) is 5.78 Å². The summed E-state index contributed by atoms with van der Waals surface area (Å²) in [6.45, 7) is 1.03. The van der Waals surface area contributed by atoms with Gasteiger partial charge in [0, 0.05) is 6.42 Å². The Balaban J connectivity index is 3.58. The first-order chi connectivity index (χ1) is 5.81. The van der Waals surface area contributed by atoms with Crippen molar-refractivity contribution in [2.75, 3.05) is 6.54 Å². The van der Waals surface area contributed by atoms with E-state index in [-0.39, 0.29) is 12.3 Å². The largest absolute Gasteiger partial charge is 0.389 e. The van der Waals surface area contributed by atoms with Crippen LogP contribution in [0.2, 0.25) is 0 Å². The van der Waals surface area contributed by atoms with Gasteiger partial charge < -0.3 is 5.32 Å². The number of ketones is 1. The molecule has 13 heavy (non-hydrogen) atoms. The first kappa shape index (κ1) is 11.9. The fraction of sp³-hybridized carbons (Fsp3) is 0.714. The monoisotopic (exact) mass is 197 g/mol. The number of alkyl halides is 3. The molecule has 1 amide bonds. The SMILES string of the molecule is CC(=O)CNC(=O)CCC(F)(F)F. The summed E-state index contributed by atoms with van der Waals surface area (Å²) in [6.07, 6.45) is -6.11. The second kappa shape index (κ2) is 4.84. The Morgan fingerprint density at radius 2 is 1.85 bits per heavy atom. The van der Waals surface area contributed by atoms with Crippen LogP contribution in [0.1, 0.15) is 19.8 Å². The highest BCUT2D eigenvalue weighted by molar-refractivity contribution is 5.84. The smallest absolute Gasteiger partial charge is 0.349 e. The van der Waals surface area contributed by atoms with Crippen molar-refractivity contribution in [3.63, 3.8) is 0 Å². The van der Waals surface area contributed by atoms with E-state index in [0.29, 0.717) is 0 Å². The number of hydrogen-bond donors (Lipinski definition) is 1. The minimum absolute atomic E-state index is 0.212. The number of nitrogens with one attached hydrogen (secondary N) is 1. The number of Topliss-reactive ketones (excluding diaryl/α,β-unsaturated/α-hetero) is 1. The zero-order chi connectivity index (χ0) is 10.5. The molecule has 6 heteroatoms. The van der Waals surface area contributed by atoms with Gasteiger partial charge in [0.2, 0.25) is 5.91 Å². The third kappa shape index (κ3) is 8.84. The van der Waals surface area contributed by atoms with Crippen LogP contribution in [-0.2, 0) is 9.59 Å². The van der Waals surface area contributed by atoms with E-state index in [4.69, 9.17) is 0 Å². The molecule has 0 aromatic rings. The number of rotatable bonds is 4. The Kier molecular flexibility index (Phi) is 4.44. The van der Waals surface area contributed by atoms with Crippen molar-refractivity contribution in [1.82, 2.24) is 5.32 Å². The van der Waals surface area contributed by atoms with Gasteiger partial charge in [-0.15, -0.1) is 0 Å². The van der Waals surface area contributed by atoms with Crippen LogP contribution in [0.4, 0.5) is 13.2 Å². The average Bonchev–Trinajstić information content (AvgIpc) is 1.95. The molecule has 0 radical (unpaired) electrons. The minimum Gasteiger partial charge on any atom is -0.349 e. The van der Waals surface area contributed by atoms with Gasteiger partial charge in [0.25, 0.3) is 0 Å².